The van der Waals surface area contributed by atoms with Gasteiger partial charge in [0.2, 0.25) is 0 Å². The summed E-state index contributed by atoms with van der Waals surface area (Å²) < 4.78 is 66.0. The zero-order valence-corrected chi connectivity index (χ0v) is 19.3. The first-order valence-corrected chi connectivity index (χ1v) is 12.3. The first-order chi connectivity index (χ1) is 16.3. The van der Waals surface area contributed by atoms with Gasteiger partial charge in [-0.15, -0.1) is 0 Å². The highest BCUT2D eigenvalue weighted by atomic mass is 35.5. The molecule has 5 aromatic rings. The normalized spacial score (nSPS) is 11.7. The van der Waals surface area contributed by atoms with Crippen LogP contribution in [0.4, 0.5) is 8.78 Å². The third kappa shape index (κ3) is 4.22. The van der Waals surface area contributed by atoms with Crippen LogP contribution in [-0.4, -0.2) is 32.1 Å². The molecule has 3 aromatic heterocycles. The molecule has 0 atom stereocenters. The summed E-state index contributed by atoms with van der Waals surface area (Å²) in [6, 6.07) is 5.85. The molecule has 0 N–H and O–H groups in total. The fourth-order valence-electron chi connectivity index (χ4n) is 3.26. The molecule has 0 aliphatic rings. The van der Waals surface area contributed by atoms with Crippen LogP contribution in [0.5, 0.6) is 11.5 Å². The van der Waals surface area contributed by atoms with Crippen LogP contribution >= 0.6 is 23.1 Å². The summed E-state index contributed by atoms with van der Waals surface area (Å²) in [5.41, 5.74) is 1.11. The molecule has 0 fully saturated rings. The lowest BCUT2D eigenvalue weighted by molar-refractivity contribution is 0.433. The van der Waals surface area contributed by atoms with Crippen molar-refractivity contribution in [1.82, 2.24) is 23.7 Å². The first-order valence-electron chi connectivity index (χ1n) is 9.54. The lowest BCUT2D eigenvalue weighted by Crippen LogP contribution is -2.08. The summed E-state index contributed by atoms with van der Waals surface area (Å²) in [4.78, 5) is 11.4. The average molecular weight is 520 g/mol. The molecule has 0 bridgehead atoms. The van der Waals surface area contributed by atoms with Crippen molar-refractivity contribution in [3.63, 3.8) is 0 Å². The number of fused-ring (bicyclic) bond motifs is 1. The number of rotatable bonds is 6. The predicted octanol–water partition coefficient (Wildman–Crippen LogP) is 4.95. The number of halogens is 3. The molecule has 3 heterocycles. The maximum atomic E-state index is 14.9. The number of ether oxygens (including phenoxy) is 1. The summed E-state index contributed by atoms with van der Waals surface area (Å²) in [6.07, 6.45) is 7.63. The van der Waals surface area contributed by atoms with Gasteiger partial charge >= 0.3 is 0 Å². The second-order valence-electron chi connectivity index (χ2n) is 7.00. The van der Waals surface area contributed by atoms with E-state index < -0.39 is 37.9 Å². The highest BCUT2D eigenvalue weighted by Gasteiger charge is 2.25. The van der Waals surface area contributed by atoms with E-state index >= 15 is 0 Å². The molecule has 8 nitrogen and oxygen atoms in total. The molecule has 0 radical (unpaired) electrons. The standard InChI is InChI=1S/C21H12ClF2N5O3S2/c22-12-1-2-17(14(5-12)21-26-9-13-8-25-3-4-29(13)21)32-18-6-16(24)19(7-15(18)23)34(30,31)10-20-27-11-28-33-20/h1-9,11H,10H2. The number of aromatic nitrogens is 5. The van der Waals surface area contributed by atoms with E-state index in [0.717, 1.165) is 11.5 Å². The molecule has 0 spiro atoms. The quantitative estimate of drug-likeness (QED) is 0.313. The van der Waals surface area contributed by atoms with Crippen molar-refractivity contribution in [2.75, 3.05) is 0 Å². The van der Waals surface area contributed by atoms with E-state index in [1.807, 2.05) is 0 Å². The van der Waals surface area contributed by atoms with Crippen LogP contribution in [0.15, 0.2) is 66.3 Å². The minimum absolute atomic E-state index is 0.136. The second-order valence-corrected chi connectivity index (χ2v) is 10.3. The average Bonchev–Trinajstić information content (AvgIpc) is 3.46. The van der Waals surface area contributed by atoms with Gasteiger partial charge in [0.15, 0.2) is 21.4 Å². The first kappa shape index (κ1) is 22.3. The smallest absolute Gasteiger partial charge is 0.187 e. The van der Waals surface area contributed by atoms with Crippen LogP contribution in [0.2, 0.25) is 5.02 Å². The minimum atomic E-state index is -4.20. The van der Waals surface area contributed by atoms with Gasteiger partial charge in [-0.1, -0.05) is 11.6 Å². The largest absolute Gasteiger partial charge is 0.453 e. The van der Waals surface area contributed by atoms with E-state index in [-0.39, 0.29) is 10.8 Å². The van der Waals surface area contributed by atoms with Gasteiger partial charge in [-0.25, -0.2) is 27.2 Å². The molecule has 5 rings (SSSR count). The minimum Gasteiger partial charge on any atom is -0.453 e. The van der Waals surface area contributed by atoms with Gasteiger partial charge in [-0.2, -0.15) is 4.37 Å². The van der Waals surface area contributed by atoms with Crippen molar-refractivity contribution in [2.45, 2.75) is 10.6 Å². The van der Waals surface area contributed by atoms with Gasteiger partial charge in [0.05, 0.1) is 23.5 Å². The lowest BCUT2D eigenvalue weighted by Gasteiger charge is -2.13. The van der Waals surface area contributed by atoms with E-state index in [1.54, 1.807) is 35.3 Å². The SMILES string of the molecule is O=S(=O)(Cc1ncns1)c1cc(F)c(Oc2ccc(Cl)cc2-c2ncc3cnccn23)cc1F. The van der Waals surface area contributed by atoms with Crippen LogP contribution in [0.25, 0.3) is 16.9 Å². The van der Waals surface area contributed by atoms with E-state index in [1.165, 1.54) is 18.5 Å². The summed E-state index contributed by atoms with van der Waals surface area (Å²) >= 11 is 7.02. The van der Waals surface area contributed by atoms with Crippen molar-refractivity contribution in [3.05, 3.63) is 83.1 Å². The molecule has 0 unspecified atom stereocenters. The number of hydrogen-bond donors (Lipinski definition) is 0. The molecule has 0 amide bonds. The fourth-order valence-corrected chi connectivity index (χ4v) is 5.61. The van der Waals surface area contributed by atoms with Crippen LogP contribution in [0, 0.1) is 11.6 Å². The van der Waals surface area contributed by atoms with Crippen LogP contribution < -0.4 is 4.74 Å². The maximum Gasteiger partial charge on any atom is 0.187 e. The summed E-state index contributed by atoms with van der Waals surface area (Å²) in [6.45, 7) is 0. The van der Waals surface area contributed by atoms with Gasteiger partial charge in [0, 0.05) is 23.5 Å². The van der Waals surface area contributed by atoms with Crippen molar-refractivity contribution in [2.24, 2.45) is 0 Å². The zero-order valence-electron chi connectivity index (χ0n) is 16.9. The van der Waals surface area contributed by atoms with Crippen LogP contribution in [0.1, 0.15) is 5.01 Å². The van der Waals surface area contributed by atoms with Gasteiger partial charge in [0.1, 0.15) is 39.4 Å². The van der Waals surface area contributed by atoms with Gasteiger partial charge in [0.25, 0.3) is 0 Å². The number of sulfone groups is 1. The maximum absolute atomic E-state index is 14.9. The molecule has 34 heavy (non-hydrogen) atoms. The monoisotopic (exact) mass is 519 g/mol. The lowest BCUT2D eigenvalue weighted by atomic mass is 10.2. The number of imidazole rings is 1. The second kappa shape index (κ2) is 8.70. The molecular formula is C21H12ClF2N5O3S2. The molecule has 13 heteroatoms. The topological polar surface area (TPSA) is 99.3 Å². The van der Waals surface area contributed by atoms with Crippen molar-refractivity contribution in [3.8, 4) is 22.9 Å². The van der Waals surface area contributed by atoms with Crippen LogP contribution in [-0.2, 0) is 15.6 Å². The summed E-state index contributed by atoms with van der Waals surface area (Å²) in [7, 11) is -4.20. The number of hydrogen-bond acceptors (Lipinski definition) is 8. The Bertz CT molecular complexity index is 1630. The third-order valence-corrected chi connectivity index (χ3v) is 7.49. The van der Waals surface area contributed by atoms with Crippen molar-refractivity contribution in [1.29, 1.82) is 0 Å². The summed E-state index contributed by atoms with van der Waals surface area (Å²) in [5.74, 6) is -2.75. The van der Waals surface area contributed by atoms with Gasteiger partial charge in [-0.3, -0.25) is 9.38 Å². The van der Waals surface area contributed by atoms with E-state index in [0.29, 0.717) is 34.1 Å². The van der Waals surface area contributed by atoms with E-state index in [2.05, 4.69) is 19.3 Å². The van der Waals surface area contributed by atoms with Crippen molar-refractivity contribution < 1.29 is 21.9 Å². The molecule has 0 aliphatic heterocycles. The van der Waals surface area contributed by atoms with E-state index in [4.69, 9.17) is 16.3 Å². The Labute approximate surface area is 200 Å². The third-order valence-electron chi connectivity index (χ3n) is 4.78. The predicted molar refractivity (Wildman–Crippen MR) is 121 cm³/mol. The van der Waals surface area contributed by atoms with Gasteiger partial charge < -0.3 is 4.74 Å². The Hall–Kier alpha value is -3.48. The number of nitrogens with zero attached hydrogens (tertiary/aromatic N) is 5. The van der Waals surface area contributed by atoms with E-state index in [9.17, 15) is 17.2 Å². The molecule has 0 saturated carbocycles. The Kier molecular flexibility index (Phi) is 5.71. The molecule has 0 saturated heterocycles. The Morgan fingerprint density at radius 2 is 1.91 bits per heavy atom. The zero-order chi connectivity index (χ0) is 23.9. The van der Waals surface area contributed by atoms with Crippen molar-refractivity contribution >= 4 is 38.5 Å². The Morgan fingerprint density at radius 3 is 2.71 bits per heavy atom. The highest BCUT2D eigenvalue weighted by Crippen LogP contribution is 2.37. The highest BCUT2D eigenvalue weighted by molar-refractivity contribution is 7.90. The Balaban J connectivity index is 1.53. The number of benzene rings is 2. The Morgan fingerprint density at radius 1 is 1.06 bits per heavy atom. The van der Waals surface area contributed by atoms with Crippen LogP contribution in [0.3, 0.4) is 0 Å². The fraction of sp³-hybridized carbons (Fsp3) is 0.0476. The molecule has 0 aliphatic carbocycles. The molecule has 2 aromatic carbocycles. The molecular weight excluding hydrogens is 508 g/mol. The summed E-state index contributed by atoms with van der Waals surface area (Å²) in [5, 5.41) is 0.533. The molecule has 172 valence electrons. The van der Waals surface area contributed by atoms with Gasteiger partial charge in [-0.05, 0) is 35.8 Å².